The monoisotopic (exact) mass is 389 g/mol. The highest BCUT2D eigenvalue weighted by Crippen LogP contribution is 2.53. The van der Waals surface area contributed by atoms with E-state index in [1.54, 1.807) is 0 Å². The minimum atomic E-state index is -0.0633. The zero-order chi connectivity index (χ0) is 20.9. The van der Waals surface area contributed by atoms with Crippen LogP contribution >= 0.6 is 0 Å². The van der Waals surface area contributed by atoms with Crippen molar-refractivity contribution in [1.82, 2.24) is 0 Å². The summed E-state index contributed by atoms with van der Waals surface area (Å²) in [6, 6.07) is 33.0. The predicted octanol–water partition coefficient (Wildman–Crippen LogP) is 8.08. The first-order valence-corrected chi connectivity index (χ1v) is 10.6. The van der Waals surface area contributed by atoms with Crippen LogP contribution in [0.5, 0.6) is 0 Å². The maximum Gasteiger partial charge on any atom is 0.0508 e. The first-order chi connectivity index (χ1) is 14.5. The molecule has 1 nitrogen and oxygen atoms in total. The Morgan fingerprint density at radius 3 is 2.00 bits per heavy atom. The van der Waals surface area contributed by atoms with E-state index < -0.39 is 0 Å². The van der Waals surface area contributed by atoms with Gasteiger partial charge in [0.25, 0.3) is 0 Å². The molecule has 148 valence electrons. The molecule has 0 atom stereocenters. The van der Waals surface area contributed by atoms with Gasteiger partial charge in [-0.05, 0) is 71.5 Å². The number of nitrogens with zero attached hydrogens (tertiary/aromatic N) is 1. The summed E-state index contributed by atoms with van der Waals surface area (Å²) in [6.07, 6.45) is 0. The summed E-state index contributed by atoms with van der Waals surface area (Å²) in [7, 11) is 0. The van der Waals surface area contributed by atoms with Crippen LogP contribution in [0.25, 0.3) is 11.1 Å². The number of hydrogen-bond donors (Lipinski definition) is 0. The number of fused-ring (bicyclic) bond motifs is 2. The largest absolute Gasteiger partial charge is 0.310 e. The molecule has 1 aliphatic heterocycles. The number of para-hydroxylation sites is 2. The van der Waals surface area contributed by atoms with Gasteiger partial charge in [-0.15, -0.1) is 0 Å². The zero-order valence-corrected chi connectivity index (χ0v) is 18.1. The van der Waals surface area contributed by atoms with Gasteiger partial charge in [-0.25, -0.2) is 0 Å². The van der Waals surface area contributed by atoms with Gasteiger partial charge < -0.3 is 4.90 Å². The van der Waals surface area contributed by atoms with Crippen molar-refractivity contribution in [3.63, 3.8) is 0 Å². The molecular formula is C29H27N. The Bertz CT molecular complexity index is 1230. The summed E-state index contributed by atoms with van der Waals surface area (Å²) in [5.41, 5.74) is 11.7. The van der Waals surface area contributed by atoms with E-state index in [0.717, 1.165) is 0 Å². The number of rotatable bonds is 2. The summed E-state index contributed by atoms with van der Waals surface area (Å²) >= 11 is 0. The van der Waals surface area contributed by atoms with Gasteiger partial charge in [0.1, 0.15) is 0 Å². The smallest absolute Gasteiger partial charge is 0.0508 e. The number of hydrogen-bond acceptors (Lipinski definition) is 1. The fraction of sp³-hybridized carbons (Fsp3) is 0.172. The van der Waals surface area contributed by atoms with E-state index in [1.807, 2.05) is 0 Å². The molecule has 0 saturated carbocycles. The van der Waals surface area contributed by atoms with Gasteiger partial charge in [0.05, 0.1) is 11.4 Å². The van der Waals surface area contributed by atoms with E-state index in [-0.39, 0.29) is 5.41 Å². The van der Waals surface area contributed by atoms with Crippen LogP contribution in [0.1, 0.15) is 36.1 Å². The topological polar surface area (TPSA) is 3.24 Å². The fourth-order valence-electron chi connectivity index (χ4n) is 4.87. The second kappa shape index (κ2) is 6.88. The first-order valence-electron chi connectivity index (χ1n) is 10.6. The molecule has 4 aromatic rings. The molecule has 1 heteroatoms. The average Bonchev–Trinajstić information content (AvgIpc) is 2.76. The van der Waals surface area contributed by atoms with Gasteiger partial charge in [-0.1, -0.05) is 80.6 Å². The van der Waals surface area contributed by atoms with Gasteiger partial charge in [0, 0.05) is 11.1 Å². The van der Waals surface area contributed by atoms with Crippen LogP contribution in [0.2, 0.25) is 0 Å². The molecule has 0 amide bonds. The van der Waals surface area contributed by atoms with Gasteiger partial charge in [0.15, 0.2) is 0 Å². The molecule has 30 heavy (non-hydrogen) atoms. The number of anilines is 3. The molecule has 0 aromatic heterocycles. The van der Waals surface area contributed by atoms with Crippen molar-refractivity contribution in [2.45, 2.75) is 33.1 Å². The van der Waals surface area contributed by atoms with Crippen LogP contribution in [0, 0.1) is 13.8 Å². The molecule has 1 aliphatic rings. The van der Waals surface area contributed by atoms with Crippen molar-refractivity contribution in [3.8, 4) is 11.1 Å². The van der Waals surface area contributed by atoms with Crippen LogP contribution in [-0.4, -0.2) is 0 Å². The van der Waals surface area contributed by atoms with Crippen LogP contribution in [0.4, 0.5) is 17.1 Å². The molecular weight excluding hydrogens is 362 g/mol. The average molecular weight is 390 g/mol. The van der Waals surface area contributed by atoms with E-state index in [9.17, 15) is 0 Å². The molecule has 0 spiro atoms. The van der Waals surface area contributed by atoms with Gasteiger partial charge >= 0.3 is 0 Å². The molecule has 0 radical (unpaired) electrons. The Labute approximate surface area is 179 Å². The van der Waals surface area contributed by atoms with Crippen molar-refractivity contribution in [2.24, 2.45) is 0 Å². The summed E-state index contributed by atoms with van der Waals surface area (Å²) in [6.45, 7) is 9.13. The number of aryl methyl sites for hydroxylation is 2. The lowest BCUT2D eigenvalue weighted by Crippen LogP contribution is -2.30. The Kier molecular flexibility index (Phi) is 4.29. The highest BCUT2D eigenvalue weighted by molar-refractivity contribution is 5.89. The molecule has 0 fully saturated rings. The molecule has 0 saturated heterocycles. The standard InChI is InChI=1S/C29H27N/c1-20-12-8-9-15-23(20)24-19-28-26(18-21(24)2)29(3,4)25-16-10-11-17-27(25)30(28)22-13-6-5-7-14-22/h5-19H,1-4H3. The Balaban J connectivity index is 1.84. The highest BCUT2D eigenvalue weighted by Gasteiger charge is 2.37. The van der Waals surface area contributed by atoms with Crippen LogP contribution in [0.15, 0.2) is 91.0 Å². The first kappa shape index (κ1) is 18.7. The predicted molar refractivity (Wildman–Crippen MR) is 128 cm³/mol. The van der Waals surface area contributed by atoms with Gasteiger partial charge in [0.2, 0.25) is 0 Å². The summed E-state index contributed by atoms with van der Waals surface area (Å²) in [4.78, 5) is 2.43. The lowest BCUT2D eigenvalue weighted by atomic mass is 9.72. The minimum absolute atomic E-state index is 0.0633. The third kappa shape index (κ3) is 2.77. The van der Waals surface area contributed by atoms with Crippen molar-refractivity contribution in [2.75, 3.05) is 4.90 Å². The Morgan fingerprint density at radius 1 is 0.567 bits per heavy atom. The highest BCUT2D eigenvalue weighted by atomic mass is 15.2. The molecule has 5 rings (SSSR count). The molecule has 0 aliphatic carbocycles. The van der Waals surface area contributed by atoms with Gasteiger partial charge in [-0.3, -0.25) is 0 Å². The van der Waals surface area contributed by atoms with Crippen LogP contribution in [0.3, 0.4) is 0 Å². The van der Waals surface area contributed by atoms with Crippen molar-refractivity contribution < 1.29 is 0 Å². The fourth-order valence-corrected chi connectivity index (χ4v) is 4.87. The summed E-state index contributed by atoms with van der Waals surface area (Å²) < 4.78 is 0. The van der Waals surface area contributed by atoms with Crippen LogP contribution < -0.4 is 4.90 Å². The van der Waals surface area contributed by atoms with Crippen molar-refractivity contribution in [1.29, 1.82) is 0 Å². The molecule has 0 bridgehead atoms. The summed E-state index contributed by atoms with van der Waals surface area (Å²) in [5.74, 6) is 0. The van der Waals surface area contributed by atoms with E-state index in [4.69, 9.17) is 0 Å². The summed E-state index contributed by atoms with van der Waals surface area (Å²) in [5, 5.41) is 0. The maximum absolute atomic E-state index is 2.43. The molecule has 4 aromatic carbocycles. The lowest BCUT2D eigenvalue weighted by Gasteiger charge is -2.42. The quantitative estimate of drug-likeness (QED) is 0.335. The normalized spacial score (nSPS) is 14.2. The Hall–Kier alpha value is -3.32. The molecule has 0 unspecified atom stereocenters. The maximum atomic E-state index is 2.43. The third-order valence-electron chi connectivity index (χ3n) is 6.52. The zero-order valence-electron chi connectivity index (χ0n) is 18.1. The number of benzene rings is 4. The van der Waals surface area contributed by atoms with Crippen molar-refractivity contribution >= 4 is 17.1 Å². The van der Waals surface area contributed by atoms with Gasteiger partial charge in [-0.2, -0.15) is 0 Å². The molecule has 1 heterocycles. The lowest BCUT2D eigenvalue weighted by molar-refractivity contribution is 0.631. The third-order valence-corrected chi connectivity index (χ3v) is 6.52. The van der Waals surface area contributed by atoms with Crippen molar-refractivity contribution in [3.05, 3.63) is 113 Å². The molecule has 0 N–H and O–H groups in total. The Morgan fingerprint density at radius 2 is 1.23 bits per heavy atom. The van der Waals surface area contributed by atoms with Crippen LogP contribution in [-0.2, 0) is 5.41 Å². The van der Waals surface area contributed by atoms with E-state index >= 15 is 0 Å². The van der Waals surface area contributed by atoms with E-state index in [1.165, 1.54) is 50.4 Å². The SMILES string of the molecule is Cc1ccccc1-c1cc2c(cc1C)C(C)(C)c1ccccc1N2c1ccccc1. The minimum Gasteiger partial charge on any atom is -0.310 e. The van der Waals surface area contributed by atoms with E-state index in [0.29, 0.717) is 0 Å². The second-order valence-electron chi connectivity index (χ2n) is 8.81. The second-order valence-corrected chi connectivity index (χ2v) is 8.81. The van der Waals surface area contributed by atoms with E-state index in [2.05, 4.69) is 124 Å².